The fourth-order valence-electron chi connectivity index (χ4n) is 2.77. The summed E-state index contributed by atoms with van der Waals surface area (Å²) in [7, 11) is 3.72. The lowest BCUT2D eigenvalue weighted by atomic mass is 9.95. The van der Waals surface area contributed by atoms with E-state index in [2.05, 4.69) is 33.2 Å². The van der Waals surface area contributed by atoms with Crippen molar-refractivity contribution in [2.24, 2.45) is 0 Å². The van der Waals surface area contributed by atoms with Gasteiger partial charge >= 0.3 is 0 Å². The van der Waals surface area contributed by atoms with E-state index in [-0.39, 0.29) is 11.7 Å². The van der Waals surface area contributed by atoms with Gasteiger partial charge in [0.15, 0.2) is 0 Å². The van der Waals surface area contributed by atoms with Crippen LogP contribution in [0.25, 0.3) is 5.57 Å². The van der Waals surface area contributed by atoms with Gasteiger partial charge in [-0.25, -0.2) is 0 Å². The smallest absolute Gasteiger partial charge is 0.260 e. The van der Waals surface area contributed by atoms with Gasteiger partial charge in [0.2, 0.25) is 0 Å². The molecule has 134 valence electrons. The molecule has 2 amide bonds. The van der Waals surface area contributed by atoms with Crippen LogP contribution in [0.2, 0.25) is 0 Å². The molecule has 3 N–H and O–H groups in total. The second-order valence-electron chi connectivity index (χ2n) is 6.13. The van der Waals surface area contributed by atoms with Crippen molar-refractivity contribution >= 4 is 45.7 Å². The van der Waals surface area contributed by atoms with E-state index in [4.69, 9.17) is 0 Å². The lowest BCUT2D eigenvalue weighted by Crippen LogP contribution is -2.37. The van der Waals surface area contributed by atoms with Crippen LogP contribution in [0.15, 0.2) is 42.6 Å². The Bertz CT molecular complexity index is 922. The van der Waals surface area contributed by atoms with Crippen LogP contribution in [0.4, 0.5) is 5.69 Å². The van der Waals surface area contributed by atoms with Crippen LogP contribution in [0, 0.1) is 3.57 Å². The molecule has 6 nitrogen and oxygen atoms in total. The third-order valence-electron chi connectivity index (χ3n) is 4.06. The van der Waals surface area contributed by atoms with E-state index in [0.717, 1.165) is 14.8 Å². The molecule has 0 aliphatic carbocycles. The molecular weight excluding hydrogens is 445 g/mol. The van der Waals surface area contributed by atoms with Crippen molar-refractivity contribution in [1.82, 2.24) is 10.6 Å². The van der Waals surface area contributed by atoms with E-state index in [1.54, 1.807) is 18.3 Å². The van der Waals surface area contributed by atoms with Gasteiger partial charge in [0.05, 0.1) is 11.3 Å². The Hall–Kier alpha value is -2.55. The molecule has 1 aliphatic rings. The Labute approximate surface area is 165 Å². The molecule has 1 aliphatic heterocycles. The maximum atomic E-state index is 12.2. The number of phenolic OH excluding ortho intramolecular Hbond substituents is 1. The summed E-state index contributed by atoms with van der Waals surface area (Å²) >= 11 is 2.15. The van der Waals surface area contributed by atoms with Gasteiger partial charge in [0.25, 0.3) is 11.8 Å². The zero-order valence-electron chi connectivity index (χ0n) is 14.3. The van der Waals surface area contributed by atoms with Gasteiger partial charge in [0.1, 0.15) is 5.75 Å². The van der Waals surface area contributed by atoms with E-state index in [1.165, 1.54) is 0 Å². The fraction of sp³-hybridized carbons (Fsp3) is 0.158. The Balaban J connectivity index is 1.82. The van der Waals surface area contributed by atoms with Gasteiger partial charge in [-0.3, -0.25) is 14.9 Å². The lowest BCUT2D eigenvalue weighted by molar-refractivity contribution is -0.114. The number of halogens is 1. The van der Waals surface area contributed by atoms with E-state index < -0.39 is 5.91 Å². The Kier molecular flexibility index (Phi) is 5.17. The maximum absolute atomic E-state index is 12.2. The van der Waals surface area contributed by atoms with Gasteiger partial charge < -0.3 is 15.3 Å². The van der Waals surface area contributed by atoms with Crippen LogP contribution < -0.4 is 15.5 Å². The molecule has 2 aromatic rings. The zero-order chi connectivity index (χ0) is 18.8. The molecule has 2 aromatic carbocycles. The van der Waals surface area contributed by atoms with E-state index in [0.29, 0.717) is 23.2 Å². The first-order valence-corrected chi connectivity index (χ1v) is 9.03. The number of hydrogen-bond acceptors (Lipinski definition) is 5. The van der Waals surface area contributed by atoms with Crippen LogP contribution >= 0.6 is 22.6 Å². The van der Waals surface area contributed by atoms with Crippen LogP contribution in [0.5, 0.6) is 5.75 Å². The van der Waals surface area contributed by atoms with Gasteiger partial charge in [-0.1, -0.05) is 6.07 Å². The summed E-state index contributed by atoms with van der Waals surface area (Å²) in [5.74, 6) is -0.617. The Morgan fingerprint density at radius 2 is 1.88 bits per heavy atom. The quantitative estimate of drug-likeness (QED) is 0.369. The molecule has 0 saturated heterocycles. The number of anilines is 1. The summed E-state index contributed by atoms with van der Waals surface area (Å²) in [5.41, 5.74) is 3.11. The van der Waals surface area contributed by atoms with Crippen LogP contribution in [0.3, 0.4) is 0 Å². The summed E-state index contributed by atoms with van der Waals surface area (Å²) in [6.45, 7) is 0.436. The highest BCUT2D eigenvalue weighted by molar-refractivity contribution is 14.1. The van der Waals surface area contributed by atoms with Crippen molar-refractivity contribution in [2.45, 2.75) is 6.54 Å². The van der Waals surface area contributed by atoms with Gasteiger partial charge in [-0.15, -0.1) is 0 Å². The third-order valence-corrected chi connectivity index (χ3v) is 4.73. The van der Waals surface area contributed by atoms with Crippen molar-refractivity contribution in [3.63, 3.8) is 0 Å². The molecule has 0 spiro atoms. The number of nitrogens with zero attached hydrogens (tertiary/aromatic N) is 1. The summed E-state index contributed by atoms with van der Waals surface area (Å²) in [6, 6.07) is 10.8. The Morgan fingerprint density at radius 1 is 1.12 bits per heavy atom. The van der Waals surface area contributed by atoms with Crippen LogP contribution in [0.1, 0.15) is 21.5 Å². The second-order valence-corrected chi connectivity index (χ2v) is 7.38. The predicted octanol–water partition coefficient (Wildman–Crippen LogP) is 2.46. The number of nitrogens with one attached hydrogen (secondary N) is 2. The van der Waals surface area contributed by atoms with Gasteiger partial charge in [0, 0.05) is 41.5 Å². The lowest BCUT2D eigenvalue weighted by Gasteiger charge is -2.19. The Morgan fingerprint density at radius 3 is 2.58 bits per heavy atom. The normalized spacial score (nSPS) is 14.8. The molecule has 0 saturated carbocycles. The molecule has 3 rings (SSSR count). The van der Waals surface area contributed by atoms with E-state index in [9.17, 15) is 14.7 Å². The number of benzene rings is 2. The molecule has 0 unspecified atom stereocenters. The van der Waals surface area contributed by atoms with Crippen molar-refractivity contribution in [2.75, 3.05) is 19.0 Å². The summed E-state index contributed by atoms with van der Waals surface area (Å²) in [6.07, 6.45) is 1.60. The number of imide groups is 1. The first kappa shape index (κ1) is 18.2. The summed E-state index contributed by atoms with van der Waals surface area (Å²) in [5, 5.41) is 15.5. The molecule has 0 fully saturated rings. The maximum Gasteiger partial charge on any atom is 0.260 e. The van der Waals surface area contributed by atoms with E-state index in [1.807, 2.05) is 43.3 Å². The number of phenols is 1. The summed E-state index contributed by atoms with van der Waals surface area (Å²) in [4.78, 5) is 26.0. The van der Waals surface area contributed by atoms with Crippen LogP contribution in [-0.4, -0.2) is 31.0 Å². The highest BCUT2D eigenvalue weighted by Gasteiger charge is 2.27. The molecule has 26 heavy (non-hydrogen) atoms. The predicted molar refractivity (Wildman–Crippen MR) is 109 cm³/mol. The molecule has 1 heterocycles. The monoisotopic (exact) mass is 463 g/mol. The number of amides is 2. The molecule has 0 bridgehead atoms. The number of carbonyl (C=O) groups is 2. The van der Waals surface area contributed by atoms with Crippen molar-refractivity contribution in [3.8, 4) is 5.75 Å². The van der Waals surface area contributed by atoms with Gasteiger partial charge in [-0.2, -0.15) is 0 Å². The third kappa shape index (κ3) is 3.67. The minimum Gasteiger partial charge on any atom is -0.506 e. The highest BCUT2D eigenvalue weighted by Crippen LogP contribution is 2.27. The first-order chi connectivity index (χ1) is 12.4. The molecular formula is C19H18IN3O3. The number of fused-ring (bicyclic) bond motifs is 1. The molecule has 0 aromatic heterocycles. The second kappa shape index (κ2) is 7.36. The standard InChI is InChI=1S/C19H18IN3O3/c1-23(2)16-6-3-11(7-17(16)24)9-21-10-15-14-8-12(20)4-5-13(14)18(25)22-19(15)26/h3-8,10,21,24H,9H2,1-2H3,(H,22,25,26). The first-order valence-electron chi connectivity index (χ1n) is 7.95. The SMILES string of the molecule is CN(C)c1ccc(CNC=C2C(=O)NC(=O)c3ccc(I)cc32)cc1O. The number of carbonyl (C=O) groups excluding carboxylic acids is 2. The van der Waals surface area contributed by atoms with Gasteiger partial charge in [-0.05, 0) is 58.5 Å². The number of hydrogen-bond donors (Lipinski definition) is 3. The minimum atomic E-state index is -0.428. The van der Waals surface area contributed by atoms with E-state index >= 15 is 0 Å². The average Bonchev–Trinajstić information content (AvgIpc) is 2.57. The fourth-order valence-corrected chi connectivity index (χ4v) is 3.26. The van der Waals surface area contributed by atoms with Crippen molar-refractivity contribution < 1.29 is 14.7 Å². The highest BCUT2D eigenvalue weighted by atomic mass is 127. The largest absolute Gasteiger partial charge is 0.506 e. The molecule has 0 atom stereocenters. The molecule has 0 radical (unpaired) electrons. The molecule has 7 heteroatoms. The average molecular weight is 463 g/mol. The summed E-state index contributed by atoms with van der Waals surface area (Å²) < 4.78 is 0.943. The zero-order valence-corrected chi connectivity index (χ0v) is 16.5. The number of rotatable bonds is 4. The van der Waals surface area contributed by atoms with Crippen LogP contribution in [-0.2, 0) is 11.3 Å². The number of aromatic hydroxyl groups is 1. The van der Waals surface area contributed by atoms with Crippen molar-refractivity contribution in [1.29, 1.82) is 0 Å². The topological polar surface area (TPSA) is 81.7 Å². The van der Waals surface area contributed by atoms with Crippen molar-refractivity contribution in [3.05, 3.63) is 62.9 Å². The minimum absolute atomic E-state index is 0.197.